The molecule has 0 atom stereocenters. The Morgan fingerprint density at radius 1 is 1.00 bits per heavy atom. The predicted molar refractivity (Wildman–Crippen MR) is 114 cm³/mol. The Bertz CT molecular complexity index is 1140. The van der Waals surface area contributed by atoms with Gasteiger partial charge in [-0.2, -0.15) is 0 Å². The molecular formula is C22H19N3O3S. The summed E-state index contributed by atoms with van der Waals surface area (Å²) in [6.07, 6.45) is 0. The number of piperazine rings is 1. The van der Waals surface area contributed by atoms with Gasteiger partial charge in [0.25, 0.3) is 5.91 Å². The SMILES string of the molecule is O=C(c1ccc(-c2nc3ccccc3s2)o1)N1CCN(c2cccc(O)c2)CC1. The van der Waals surface area contributed by atoms with Crippen LogP contribution in [0.15, 0.2) is 65.1 Å². The van der Waals surface area contributed by atoms with Crippen LogP contribution in [0.3, 0.4) is 0 Å². The van der Waals surface area contributed by atoms with Crippen molar-refractivity contribution in [2.24, 2.45) is 0 Å². The Balaban J connectivity index is 1.28. The number of aromatic nitrogens is 1. The van der Waals surface area contributed by atoms with Crippen LogP contribution in [0.25, 0.3) is 21.0 Å². The maximum absolute atomic E-state index is 12.9. The van der Waals surface area contributed by atoms with Gasteiger partial charge in [0.1, 0.15) is 5.75 Å². The smallest absolute Gasteiger partial charge is 0.289 e. The number of phenols is 1. The van der Waals surface area contributed by atoms with E-state index in [-0.39, 0.29) is 11.7 Å². The van der Waals surface area contributed by atoms with E-state index in [0.29, 0.717) is 37.7 Å². The maximum atomic E-state index is 12.9. The fourth-order valence-electron chi connectivity index (χ4n) is 3.56. The molecule has 0 aliphatic carbocycles. The van der Waals surface area contributed by atoms with Gasteiger partial charge in [-0.1, -0.05) is 18.2 Å². The van der Waals surface area contributed by atoms with Gasteiger partial charge in [-0.3, -0.25) is 4.79 Å². The van der Waals surface area contributed by atoms with Crippen molar-refractivity contribution in [3.63, 3.8) is 0 Å². The number of furan rings is 1. The van der Waals surface area contributed by atoms with Crippen LogP contribution < -0.4 is 4.90 Å². The number of fused-ring (bicyclic) bond motifs is 1. The number of phenolic OH excluding ortho intramolecular Hbond substituents is 1. The minimum absolute atomic E-state index is 0.104. The van der Waals surface area contributed by atoms with E-state index in [1.165, 1.54) is 0 Å². The highest BCUT2D eigenvalue weighted by molar-refractivity contribution is 7.21. The Morgan fingerprint density at radius 3 is 2.62 bits per heavy atom. The predicted octanol–water partition coefficient (Wildman–Crippen LogP) is 4.22. The number of hydrogen-bond acceptors (Lipinski definition) is 6. The zero-order chi connectivity index (χ0) is 19.8. The molecule has 0 bridgehead atoms. The van der Waals surface area contributed by atoms with Gasteiger partial charge in [-0.15, -0.1) is 11.3 Å². The van der Waals surface area contributed by atoms with Crippen LogP contribution in [0.2, 0.25) is 0 Å². The largest absolute Gasteiger partial charge is 0.508 e. The zero-order valence-corrected chi connectivity index (χ0v) is 16.4. The molecule has 0 radical (unpaired) electrons. The third-order valence-corrected chi connectivity index (χ3v) is 6.13. The van der Waals surface area contributed by atoms with Gasteiger partial charge in [0.2, 0.25) is 0 Å². The van der Waals surface area contributed by atoms with Gasteiger partial charge in [0.15, 0.2) is 16.5 Å². The van der Waals surface area contributed by atoms with E-state index in [4.69, 9.17) is 4.42 Å². The molecule has 6 nitrogen and oxygen atoms in total. The van der Waals surface area contributed by atoms with E-state index in [2.05, 4.69) is 9.88 Å². The Hall–Kier alpha value is -3.32. The van der Waals surface area contributed by atoms with Gasteiger partial charge < -0.3 is 19.3 Å². The highest BCUT2D eigenvalue weighted by Gasteiger charge is 2.25. The number of thiazole rings is 1. The van der Waals surface area contributed by atoms with Crippen molar-refractivity contribution in [1.29, 1.82) is 0 Å². The first-order valence-corrected chi connectivity index (χ1v) is 10.3. The van der Waals surface area contributed by atoms with Crippen LogP contribution in [0.5, 0.6) is 5.75 Å². The number of benzene rings is 2. The monoisotopic (exact) mass is 405 g/mol. The van der Waals surface area contributed by atoms with Gasteiger partial charge in [-0.25, -0.2) is 4.98 Å². The lowest BCUT2D eigenvalue weighted by Gasteiger charge is -2.35. The van der Waals surface area contributed by atoms with Crippen LogP contribution in [-0.4, -0.2) is 47.1 Å². The number of hydrogen-bond donors (Lipinski definition) is 1. The molecule has 1 amide bonds. The summed E-state index contributed by atoms with van der Waals surface area (Å²) in [6, 6.07) is 18.7. The first kappa shape index (κ1) is 17.8. The van der Waals surface area contributed by atoms with E-state index in [0.717, 1.165) is 20.9 Å². The molecule has 0 unspecified atom stereocenters. The van der Waals surface area contributed by atoms with Crippen molar-refractivity contribution in [2.75, 3.05) is 31.1 Å². The summed E-state index contributed by atoms with van der Waals surface area (Å²) in [7, 11) is 0. The van der Waals surface area contributed by atoms with Gasteiger partial charge in [0, 0.05) is 37.9 Å². The van der Waals surface area contributed by atoms with Gasteiger partial charge >= 0.3 is 0 Å². The topological polar surface area (TPSA) is 69.8 Å². The van der Waals surface area contributed by atoms with Crippen molar-refractivity contribution in [3.8, 4) is 16.5 Å². The van der Waals surface area contributed by atoms with E-state index in [1.807, 2.05) is 42.5 Å². The number of rotatable bonds is 3. The number of anilines is 1. The number of para-hydroxylation sites is 1. The lowest BCUT2D eigenvalue weighted by Crippen LogP contribution is -2.48. The average molecular weight is 405 g/mol. The van der Waals surface area contributed by atoms with Crippen molar-refractivity contribution >= 4 is 33.1 Å². The molecule has 4 aromatic rings. The average Bonchev–Trinajstić information content (AvgIpc) is 3.40. The lowest BCUT2D eigenvalue weighted by molar-refractivity contribution is 0.0715. The third kappa shape index (κ3) is 3.45. The van der Waals surface area contributed by atoms with Crippen LogP contribution >= 0.6 is 11.3 Å². The van der Waals surface area contributed by atoms with Crippen molar-refractivity contribution in [3.05, 3.63) is 66.4 Å². The quantitative estimate of drug-likeness (QED) is 0.553. The fraction of sp³-hybridized carbons (Fsp3) is 0.182. The van der Waals surface area contributed by atoms with Gasteiger partial charge in [-0.05, 0) is 36.4 Å². The van der Waals surface area contributed by atoms with Crippen LogP contribution in [0.4, 0.5) is 5.69 Å². The molecule has 2 aromatic carbocycles. The zero-order valence-electron chi connectivity index (χ0n) is 15.6. The molecule has 29 heavy (non-hydrogen) atoms. The summed E-state index contributed by atoms with van der Waals surface area (Å²) in [5.74, 6) is 1.10. The maximum Gasteiger partial charge on any atom is 0.289 e. The second kappa shape index (κ2) is 7.25. The number of amides is 1. The van der Waals surface area contributed by atoms with Crippen LogP contribution in [-0.2, 0) is 0 Å². The molecule has 1 fully saturated rings. The molecule has 5 rings (SSSR count). The molecule has 1 aliphatic heterocycles. The summed E-state index contributed by atoms with van der Waals surface area (Å²) >= 11 is 1.55. The summed E-state index contributed by atoms with van der Waals surface area (Å²) < 4.78 is 6.94. The Labute approximate surface area is 171 Å². The third-order valence-electron chi connectivity index (χ3n) is 5.08. The minimum atomic E-state index is -0.104. The molecule has 2 aromatic heterocycles. The first-order chi connectivity index (χ1) is 14.2. The van der Waals surface area contributed by atoms with Gasteiger partial charge in [0.05, 0.1) is 10.2 Å². The lowest BCUT2D eigenvalue weighted by atomic mass is 10.2. The number of aromatic hydroxyl groups is 1. The summed E-state index contributed by atoms with van der Waals surface area (Å²) in [4.78, 5) is 21.4. The second-order valence-electron chi connectivity index (χ2n) is 6.95. The molecule has 146 valence electrons. The normalized spacial score (nSPS) is 14.5. The minimum Gasteiger partial charge on any atom is -0.508 e. The summed E-state index contributed by atoms with van der Waals surface area (Å²) in [6.45, 7) is 2.62. The molecule has 3 heterocycles. The highest BCUT2D eigenvalue weighted by Crippen LogP contribution is 2.31. The van der Waals surface area contributed by atoms with E-state index < -0.39 is 0 Å². The highest BCUT2D eigenvalue weighted by atomic mass is 32.1. The number of nitrogens with zero attached hydrogens (tertiary/aromatic N) is 3. The van der Waals surface area contributed by atoms with E-state index in [1.54, 1.807) is 34.4 Å². The second-order valence-corrected chi connectivity index (χ2v) is 7.98. The van der Waals surface area contributed by atoms with E-state index >= 15 is 0 Å². The molecule has 1 N–H and O–H groups in total. The molecule has 0 spiro atoms. The molecular weight excluding hydrogens is 386 g/mol. The fourth-order valence-corrected chi connectivity index (χ4v) is 4.49. The first-order valence-electron chi connectivity index (χ1n) is 9.46. The van der Waals surface area contributed by atoms with Crippen LogP contribution in [0, 0.1) is 0 Å². The molecule has 1 aliphatic rings. The van der Waals surface area contributed by atoms with Crippen molar-refractivity contribution in [1.82, 2.24) is 9.88 Å². The van der Waals surface area contributed by atoms with Crippen molar-refractivity contribution < 1.29 is 14.3 Å². The molecule has 1 saturated heterocycles. The van der Waals surface area contributed by atoms with Crippen molar-refractivity contribution in [2.45, 2.75) is 0 Å². The Morgan fingerprint density at radius 2 is 1.83 bits per heavy atom. The Kier molecular flexibility index (Phi) is 4.44. The van der Waals surface area contributed by atoms with E-state index in [9.17, 15) is 9.90 Å². The molecule has 7 heteroatoms. The molecule has 0 saturated carbocycles. The standard InChI is InChI=1S/C22H19N3O3S/c26-16-5-3-4-15(14-16)24-10-12-25(13-11-24)22(27)19-9-8-18(28-19)21-23-17-6-1-2-7-20(17)29-21/h1-9,14,26H,10-13H2. The number of carbonyl (C=O) groups is 1. The summed E-state index contributed by atoms with van der Waals surface area (Å²) in [5.41, 5.74) is 1.90. The van der Waals surface area contributed by atoms with Crippen LogP contribution in [0.1, 0.15) is 10.6 Å². The summed E-state index contributed by atoms with van der Waals surface area (Å²) in [5, 5.41) is 10.4. The number of carbonyl (C=O) groups excluding carboxylic acids is 1.